The van der Waals surface area contributed by atoms with Gasteiger partial charge in [0, 0.05) is 11.8 Å². The number of nitrogens with zero attached hydrogens (tertiary/aromatic N) is 3. The van der Waals surface area contributed by atoms with E-state index >= 15 is 0 Å². The molecule has 2 heterocycles. The molecule has 2 aromatic heterocycles. The van der Waals surface area contributed by atoms with Crippen molar-refractivity contribution >= 4 is 17.3 Å². The summed E-state index contributed by atoms with van der Waals surface area (Å²) in [5.74, 6) is -0.903. The van der Waals surface area contributed by atoms with Gasteiger partial charge in [-0.3, -0.25) is 9.48 Å². The van der Waals surface area contributed by atoms with E-state index in [1.54, 1.807) is 6.20 Å². The Bertz CT molecular complexity index is 566. The van der Waals surface area contributed by atoms with Crippen molar-refractivity contribution in [2.24, 2.45) is 0 Å². The first kappa shape index (κ1) is 11.4. The summed E-state index contributed by atoms with van der Waals surface area (Å²) in [5.41, 5.74) is 1.29. The summed E-state index contributed by atoms with van der Waals surface area (Å²) in [7, 11) is 0. The average Bonchev–Trinajstić information content (AvgIpc) is 2.86. The lowest BCUT2D eigenvalue weighted by Gasteiger charge is -1.95. The van der Waals surface area contributed by atoms with Gasteiger partial charge in [-0.15, -0.1) is 11.3 Å². The van der Waals surface area contributed by atoms with Crippen molar-refractivity contribution < 1.29 is 9.90 Å². The number of hydrogen-bond donors (Lipinski definition) is 1. The predicted molar refractivity (Wildman–Crippen MR) is 62.5 cm³/mol. The van der Waals surface area contributed by atoms with Crippen LogP contribution in [0.2, 0.25) is 0 Å². The molecule has 0 spiro atoms. The fraction of sp³-hybridized carbons (Fsp3) is 0.182. The van der Waals surface area contributed by atoms with Gasteiger partial charge in [-0.05, 0) is 11.4 Å². The quantitative estimate of drug-likeness (QED) is 0.892. The van der Waals surface area contributed by atoms with Gasteiger partial charge in [0.25, 0.3) is 0 Å². The van der Waals surface area contributed by atoms with E-state index in [0.29, 0.717) is 11.3 Å². The van der Waals surface area contributed by atoms with Crippen LogP contribution in [0.1, 0.15) is 5.56 Å². The highest BCUT2D eigenvalue weighted by molar-refractivity contribution is 7.13. The third kappa shape index (κ3) is 2.52. The Labute approximate surface area is 102 Å². The molecule has 0 unspecified atom stereocenters. The molecule has 2 rings (SSSR count). The number of carbonyl (C=O) groups is 1. The Morgan fingerprint density at radius 1 is 1.65 bits per heavy atom. The Hall–Kier alpha value is -2.13. The van der Waals surface area contributed by atoms with Crippen molar-refractivity contribution in [1.82, 2.24) is 9.78 Å². The summed E-state index contributed by atoms with van der Waals surface area (Å²) >= 11 is 1.50. The molecule has 0 fully saturated rings. The van der Waals surface area contributed by atoms with Crippen molar-refractivity contribution in [3.05, 3.63) is 29.3 Å². The van der Waals surface area contributed by atoms with Crippen molar-refractivity contribution in [3.63, 3.8) is 0 Å². The van der Waals surface area contributed by atoms with Gasteiger partial charge < -0.3 is 5.11 Å². The van der Waals surface area contributed by atoms with Crippen molar-refractivity contribution in [2.45, 2.75) is 13.0 Å². The molecule has 0 bridgehead atoms. The van der Waals surface area contributed by atoms with Gasteiger partial charge in [0.15, 0.2) is 0 Å². The zero-order chi connectivity index (χ0) is 12.3. The van der Waals surface area contributed by atoms with E-state index in [0.717, 1.165) is 4.88 Å². The maximum atomic E-state index is 10.8. The van der Waals surface area contributed by atoms with Crippen LogP contribution in [-0.4, -0.2) is 20.9 Å². The largest absolute Gasteiger partial charge is 0.481 e. The fourth-order valence-electron chi connectivity index (χ4n) is 1.53. The van der Waals surface area contributed by atoms with Crippen LogP contribution in [0.3, 0.4) is 0 Å². The van der Waals surface area contributed by atoms with Crippen LogP contribution >= 0.6 is 11.3 Å². The number of nitriles is 1. The first-order chi connectivity index (χ1) is 8.20. The zero-order valence-electron chi connectivity index (χ0n) is 8.83. The van der Waals surface area contributed by atoms with E-state index < -0.39 is 5.97 Å². The van der Waals surface area contributed by atoms with E-state index in [1.807, 2.05) is 23.6 Å². The lowest BCUT2D eigenvalue weighted by Crippen LogP contribution is -2.00. The maximum Gasteiger partial charge on any atom is 0.307 e. The van der Waals surface area contributed by atoms with Crippen LogP contribution in [-0.2, 0) is 17.8 Å². The molecule has 2 aromatic rings. The summed E-state index contributed by atoms with van der Waals surface area (Å²) in [5, 5.41) is 23.6. The molecule has 0 atom stereocenters. The molecule has 0 aliphatic rings. The Kier molecular flexibility index (Phi) is 3.21. The molecule has 0 saturated heterocycles. The number of rotatable bonds is 4. The standard InChI is InChI=1S/C11H9N3O2S/c12-3-4-14-7-8(6-10(15)16)11(13-14)9-2-1-5-17-9/h1-2,5,7H,4,6H2,(H,15,16). The van der Waals surface area contributed by atoms with Gasteiger partial charge in [-0.25, -0.2) is 0 Å². The second-order valence-corrected chi connectivity index (χ2v) is 4.35. The van der Waals surface area contributed by atoms with Gasteiger partial charge in [0.2, 0.25) is 0 Å². The lowest BCUT2D eigenvalue weighted by molar-refractivity contribution is -0.136. The van der Waals surface area contributed by atoms with Gasteiger partial charge in [0.1, 0.15) is 12.2 Å². The van der Waals surface area contributed by atoms with Crippen molar-refractivity contribution in [2.75, 3.05) is 0 Å². The SMILES string of the molecule is N#CCn1cc(CC(=O)O)c(-c2cccs2)n1. The first-order valence-electron chi connectivity index (χ1n) is 4.89. The highest BCUT2D eigenvalue weighted by Gasteiger charge is 2.14. The molecule has 0 aromatic carbocycles. The molecular formula is C11H9N3O2S. The summed E-state index contributed by atoms with van der Waals surface area (Å²) in [6.45, 7) is 0.123. The Balaban J connectivity index is 2.41. The molecule has 0 amide bonds. The number of aliphatic carboxylic acids is 1. The third-order valence-corrected chi connectivity index (χ3v) is 3.04. The van der Waals surface area contributed by atoms with Gasteiger partial charge in [0.05, 0.1) is 17.4 Å². The van der Waals surface area contributed by atoms with Crippen LogP contribution in [0.4, 0.5) is 0 Å². The number of carboxylic acid groups (broad SMARTS) is 1. The van der Waals surface area contributed by atoms with Crippen LogP contribution in [0.5, 0.6) is 0 Å². The molecular weight excluding hydrogens is 238 g/mol. The molecule has 0 aliphatic carbocycles. The summed E-state index contributed by atoms with van der Waals surface area (Å²) in [6, 6.07) is 5.75. The third-order valence-electron chi connectivity index (χ3n) is 2.17. The maximum absolute atomic E-state index is 10.8. The Morgan fingerprint density at radius 3 is 3.06 bits per heavy atom. The predicted octanol–water partition coefficient (Wildman–Crippen LogP) is 1.76. The van der Waals surface area contributed by atoms with E-state index in [-0.39, 0.29) is 13.0 Å². The van der Waals surface area contributed by atoms with Crippen LogP contribution in [0.25, 0.3) is 10.6 Å². The number of thiophene rings is 1. The highest BCUT2D eigenvalue weighted by Crippen LogP contribution is 2.26. The van der Waals surface area contributed by atoms with Gasteiger partial charge in [-0.1, -0.05) is 6.07 Å². The minimum atomic E-state index is -0.903. The van der Waals surface area contributed by atoms with E-state index in [2.05, 4.69) is 5.10 Å². The molecule has 6 heteroatoms. The molecule has 1 N–H and O–H groups in total. The lowest BCUT2D eigenvalue weighted by atomic mass is 10.1. The van der Waals surface area contributed by atoms with Gasteiger partial charge >= 0.3 is 5.97 Å². The fourth-order valence-corrected chi connectivity index (χ4v) is 2.27. The smallest absolute Gasteiger partial charge is 0.307 e. The van der Waals surface area contributed by atoms with Crippen molar-refractivity contribution in [3.8, 4) is 16.6 Å². The van der Waals surface area contributed by atoms with E-state index in [1.165, 1.54) is 16.0 Å². The van der Waals surface area contributed by atoms with E-state index in [9.17, 15) is 4.79 Å². The summed E-state index contributed by atoms with van der Waals surface area (Å²) in [6.07, 6.45) is 1.53. The molecule has 86 valence electrons. The zero-order valence-corrected chi connectivity index (χ0v) is 9.65. The number of aromatic nitrogens is 2. The van der Waals surface area contributed by atoms with Crippen LogP contribution in [0.15, 0.2) is 23.7 Å². The van der Waals surface area contributed by atoms with Crippen LogP contribution in [0, 0.1) is 11.3 Å². The number of carboxylic acids is 1. The second-order valence-electron chi connectivity index (χ2n) is 3.41. The topological polar surface area (TPSA) is 78.9 Å². The first-order valence-corrected chi connectivity index (χ1v) is 5.77. The summed E-state index contributed by atoms with van der Waals surface area (Å²) < 4.78 is 1.47. The monoisotopic (exact) mass is 247 g/mol. The minimum absolute atomic E-state index is 0.0847. The minimum Gasteiger partial charge on any atom is -0.481 e. The summed E-state index contributed by atoms with van der Waals surface area (Å²) in [4.78, 5) is 11.7. The van der Waals surface area contributed by atoms with Gasteiger partial charge in [-0.2, -0.15) is 10.4 Å². The average molecular weight is 247 g/mol. The highest BCUT2D eigenvalue weighted by atomic mass is 32.1. The molecule has 5 nitrogen and oxygen atoms in total. The van der Waals surface area contributed by atoms with E-state index in [4.69, 9.17) is 10.4 Å². The van der Waals surface area contributed by atoms with Crippen LogP contribution < -0.4 is 0 Å². The van der Waals surface area contributed by atoms with Crippen molar-refractivity contribution in [1.29, 1.82) is 5.26 Å². The number of hydrogen-bond acceptors (Lipinski definition) is 4. The second kappa shape index (κ2) is 4.80. The Morgan fingerprint density at radius 2 is 2.47 bits per heavy atom. The molecule has 0 radical (unpaired) electrons. The normalized spacial score (nSPS) is 10.1. The molecule has 17 heavy (non-hydrogen) atoms. The molecule has 0 saturated carbocycles. The molecule has 0 aliphatic heterocycles.